The molecule has 1 aromatic heterocycles. The van der Waals surface area contributed by atoms with Crippen molar-refractivity contribution in [3.05, 3.63) is 53.7 Å². The molecular formula is C17H18N4O2S. The molecule has 124 valence electrons. The molecule has 1 aliphatic rings. The SMILES string of the molecule is Cc1cccc(N2CCN(S(=O)(=O)c3ccccc3C#N)CC2)n1. The Hall–Kier alpha value is -2.43. The highest BCUT2D eigenvalue weighted by atomic mass is 32.2. The van der Waals surface area contributed by atoms with Gasteiger partial charge in [0.15, 0.2) is 0 Å². The molecular weight excluding hydrogens is 324 g/mol. The lowest BCUT2D eigenvalue weighted by Gasteiger charge is -2.34. The van der Waals surface area contributed by atoms with Crippen LogP contribution in [-0.4, -0.2) is 43.9 Å². The van der Waals surface area contributed by atoms with Gasteiger partial charge in [-0.25, -0.2) is 13.4 Å². The van der Waals surface area contributed by atoms with E-state index in [0.717, 1.165) is 11.5 Å². The second-order valence-corrected chi connectivity index (χ2v) is 7.54. The standard InChI is InChI=1S/C17H18N4O2S/c1-14-5-4-8-17(19-14)20-9-11-21(12-10-20)24(22,23)16-7-3-2-6-15(16)13-18/h2-8H,9-12H2,1H3. The smallest absolute Gasteiger partial charge is 0.244 e. The maximum Gasteiger partial charge on any atom is 0.244 e. The third kappa shape index (κ3) is 3.11. The zero-order chi connectivity index (χ0) is 17.2. The van der Waals surface area contributed by atoms with Crippen molar-refractivity contribution in [2.24, 2.45) is 0 Å². The average molecular weight is 342 g/mol. The van der Waals surface area contributed by atoms with Crippen LogP contribution in [0.1, 0.15) is 11.3 Å². The van der Waals surface area contributed by atoms with Crippen LogP contribution in [0.3, 0.4) is 0 Å². The maximum atomic E-state index is 12.8. The minimum Gasteiger partial charge on any atom is -0.354 e. The minimum atomic E-state index is -3.65. The first kappa shape index (κ1) is 16.4. The summed E-state index contributed by atoms with van der Waals surface area (Å²) >= 11 is 0. The van der Waals surface area contributed by atoms with Crippen LogP contribution in [-0.2, 0) is 10.0 Å². The van der Waals surface area contributed by atoms with Gasteiger partial charge in [0.1, 0.15) is 11.9 Å². The summed E-state index contributed by atoms with van der Waals surface area (Å²) in [6, 6.07) is 14.1. The molecule has 6 nitrogen and oxygen atoms in total. The zero-order valence-electron chi connectivity index (χ0n) is 13.4. The second kappa shape index (κ2) is 6.59. The van der Waals surface area contributed by atoms with Gasteiger partial charge in [-0.3, -0.25) is 0 Å². The topological polar surface area (TPSA) is 77.3 Å². The van der Waals surface area contributed by atoms with Crippen molar-refractivity contribution in [1.82, 2.24) is 9.29 Å². The van der Waals surface area contributed by atoms with Gasteiger partial charge in [-0.2, -0.15) is 9.57 Å². The van der Waals surface area contributed by atoms with Crippen molar-refractivity contribution in [2.45, 2.75) is 11.8 Å². The van der Waals surface area contributed by atoms with Gasteiger partial charge in [-0.15, -0.1) is 0 Å². The zero-order valence-corrected chi connectivity index (χ0v) is 14.2. The lowest BCUT2D eigenvalue weighted by atomic mass is 10.2. The number of hydrogen-bond donors (Lipinski definition) is 0. The molecule has 1 saturated heterocycles. The molecule has 2 aromatic rings. The lowest BCUT2D eigenvalue weighted by molar-refractivity contribution is 0.383. The van der Waals surface area contributed by atoms with Gasteiger partial charge >= 0.3 is 0 Å². The van der Waals surface area contributed by atoms with E-state index in [2.05, 4.69) is 9.88 Å². The molecule has 0 radical (unpaired) electrons. The van der Waals surface area contributed by atoms with E-state index in [1.54, 1.807) is 12.1 Å². The summed E-state index contributed by atoms with van der Waals surface area (Å²) in [7, 11) is -3.65. The highest BCUT2D eigenvalue weighted by Gasteiger charge is 2.30. The van der Waals surface area contributed by atoms with Crippen molar-refractivity contribution >= 4 is 15.8 Å². The molecule has 0 N–H and O–H groups in total. The maximum absolute atomic E-state index is 12.8. The Morgan fingerprint density at radius 3 is 2.42 bits per heavy atom. The second-order valence-electron chi connectivity index (χ2n) is 5.64. The largest absolute Gasteiger partial charge is 0.354 e. The Balaban J connectivity index is 1.78. The van der Waals surface area contributed by atoms with E-state index in [1.807, 2.05) is 31.2 Å². The number of pyridine rings is 1. The van der Waals surface area contributed by atoms with E-state index in [0.29, 0.717) is 26.2 Å². The quantitative estimate of drug-likeness (QED) is 0.849. The Morgan fingerprint density at radius 2 is 1.75 bits per heavy atom. The van der Waals surface area contributed by atoms with Gasteiger partial charge in [0.25, 0.3) is 0 Å². The van der Waals surface area contributed by atoms with Crippen LogP contribution in [0.25, 0.3) is 0 Å². The molecule has 0 atom stereocenters. The molecule has 0 unspecified atom stereocenters. The van der Waals surface area contributed by atoms with E-state index in [1.165, 1.54) is 16.4 Å². The molecule has 7 heteroatoms. The van der Waals surface area contributed by atoms with E-state index in [9.17, 15) is 8.42 Å². The van der Waals surface area contributed by atoms with Crippen molar-refractivity contribution in [3.63, 3.8) is 0 Å². The van der Waals surface area contributed by atoms with Crippen molar-refractivity contribution in [3.8, 4) is 6.07 Å². The summed E-state index contributed by atoms with van der Waals surface area (Å²) in [6.07, 6.45) is 0. The summed E-state index contributed by atoms with van der Waals surface area (Å²) in [6.45, 7) is 3.83. The minimum absolute atomic E-state index is 0.0784. The fourth-order valence-corrected chi connectivity index (χ4v) is 4.35. The molecule has 0 amide bonds. The van der Waals surface area contributed by atoms with E-state index in [-0.39, 0.29) is 10.5 Å². The van der Waals surface area contributed by atoms with E-state index >= 15 is 0 Å². The summed E-state index contributed by atoms with van der Waals surface area (Å²) < 4.78 is 27.0. The number of nitrogens with zero attached hydrogens (tertiary/aromatic N) is 4. The molecule has 0 aliphatic carbocycles. The molecule has 0 saturated carbocycles. The predicted octanol–water partition coefficient (Wildman–Crippen LogP) is 1.77. The van der Waals surface area contributed by atoms with Crippen LogP contribution in [0.15, 0.2) is 47.4 Å². The third-order valence-electron chi connectivity index (χ3n) is 4.06. The Labute approximate surface area is 142 Å². The van der Waals surface area contributed by atoms with Crippen molar-refractivity contribution < 1.29 is 8.42 Å². The van der Waals surface area contributed by atoms with Crippen LogP contribution in [0, 0.1) is 18.3 Å². The van der Waals surface area contributed by atoms with Gasteiger partial charge in [0.2, 0.25) is 10.0 Å². The van der Waals surface area contributed by atoms with Crippen LogP contribution in [0.5, 0.6) is 0 Å². The van der Waals surface area contributed by atoms with Crippen LogP contribution in [0.4, 0.5) is 5.82 Å². The van der Waals surface area contributed by atoms with Gasteiger partial charge in [-0.1, -0.05) is 18.2 Å². The predicted molar refractivity (Wildman–Crippen MR) is 91.1 cm³/mol. The van der Waals surface area contributed by atoms with E-state index < -0.39 is 10.0 Å². The lowest BCUT2D eigenvalue weighted by Crippen LogP contribution is -2.49. The van der Waals surface area contributed by atoms with Crippen LogP contribution >= 0.6 is 0 Å². The van der Waals surface area contributed by atoms with Gasteiger partial charge in [-0.05, 0) is 31.2 Å². The Morgan fingerprint density at radius 1 is 1.04 bits per heavy atom. The number of rotatable bonds is 3. The fraction of sp³-hybridized carbons (Fsp3) is 0.294. The van der Waals surface area contributed by atoms with Gasteiger partial charge in [0, 0.05) is 31.9 Å². The van der Waals surface area contributed by atoms with E-state index in [4.69, 9.17) is 5.26 Å². The molecule has 3 rings (SSSR count). The van der Waals surface area contributed by atoms with Gasteiger partial charge in [0.05, 0.1) is 10.5 Å². The molecule has 1 aliphatic heterocycles. The molecule has 0 bridgehead atoms. The highest BCUT2D eigenvalue weighted by Crippen LogP contribution is 2.22. The number of piperazine rings is 1. The monoisotopic (exact) mass is 342 g/mol. The number of aromatic nitrogens is 1. The summed E-state index contributed by atoms with van der Waals surface area (Å²) in [5, 5.41) is 9.15. The summed E-state index contributed by atoms with van der Waals surface area (Å²) in [5.74, 6) is 0.865. The first-order valence-corrected chi connectivity index (χ1v) is 9.14. The van der Waals surface area contributed by atoms with Crippen molar-refractivity contribution in [1.29, 1.82) is 5.26 Å². The molecule has 2 heterocycles. The fourth-order valence-electron chi connectivity index (χ4n) is 2.79. The number of anilines is 1. The highest BCUT2D eigenvalue weighted by molar-refractivity contribution is 7.89. The van der Waals surface area contributed by atoms with Crippen LogP contribution < -0.4 is 4.90 Å². The molecule has 0 spiro atoms. The number of nitriles is 1. The first-order chi connectivity index (χ1) is 11.5. The summed E-state index contributed by atoms with van der Waals surface area (Å²) in [5.41, 5.74) is 1.12. The molecule has 1 fully saturated rings. The third-order valence-corrected chi connectivity index (χ3v) is 6.02. The Kier molecular flexibility index (Phi) is 4.51. The first-order valence-electron chi connectivity index (χ1n) is 7.70. The Bertz CT molecular complexity index is 881. The number of benzene rings is 1. The van der Waals surface area contributed by atoms with Crippen molar-refractivity contribution in [2.75, 3.05) is 31.1 Å². The number of hydrogen-bond acceptors (Lipinski definition) is 5. The molecule has 1 aromatic carbocycles. The average Bonchev–Trinajstić information content (AvgIpc) is 2.62. The summed E-state index contributed by atoms with van der Waals surface area (Å²) in [4.78, 5) is 6.64. The molecule has 24 heavy (non-hydrogen) atoms. The number of aryl methyl sites for hydroxylation is 1. The number of sulfonamides is 1. The van der Waals surface area contributed by atoms with Crippen LogP contribution in [0.2, 0.25) is 0 Å². The van der Waals surface area contributed by atoms with Gasteiger partial charge < -0.3 is 4.90 Å². The normalized spacial score (nSPS) is 15.9.